The third-order valence-electron chi connectivity index (χ3n) is 3.79. The summed E-state index contributed by atoms with van der Waals surface area (Å²) in [7, 11) is 5.29. The molecule has 0 fully saturated rings. The molecule has 0 saturated heterocycles. The molecule has 3 rings (SSSR count). The number of imidazole rings is 1. The van der Waals surface area contributed by atoms with Crippen LogP contribution in [0.25, 0.3) is 6.20 Å². The second-order valence-corrected chi connectivity index (χ2v) is 6.84. The van der Waals surface area contributed by atoms with Crippen molar-refractivity contribution < 1.29 is 9.90 Å². The summed E-state index contributed by atoms with van der Waals surface area (Å²) in [5.41, 5.74) is 1.85. The van der Waals surface area contributed by atoms with Gasteiger partial charge in [0.2, 0.25) is 5.78 Å². The zero-order valence-corrected chi connectivity index (χ0v) is 15.4. The molecule has 1 aromatic carbocycles. The maximum Gasteiger partial charge on any atom is 0.211 e. The van der Waals surface area contributed by atoms with E-state index in [-0.39, 0.29) is 11.5 Å². The van der Waals surface area contributed by atoms with E-state index in [0.717, 1.165) is 11.5 Å². The first-order valence-electron chi connectivity index (χ1n) is 7.19. The smallest absolute Gasteiger partial charge is 0.211 e. The molecule has 117 valence electrons. The molecular weight excluding hydrogens is 374 g/mol. The van der Waals surface area contributed by atoms with Gasteiger partial charge < -0.3 is 10.0 Å². The van der Waals surface area contributed by atoms with Crippen molar-refractivity contribution >= 4 is 43.3 Å². The van der Waals surface area contributed by atoms with Gasteiger partial charge in [0.1, 0.15) is 17.3 Å². The van der Waals surface area contributed by atoms with E-state index in [1.165, 1.54) is 0 Å². The highest BCUT2D eigenvalue weighted by Crippen LogP contribution is 2.26. The number of carbonyl (C=O) groups is 1. The van der Waals surface area contributed by atoms with Crippen LogP contribution in [0, 0.1) is 0 Å². The van der Waals surface area contributed by atoms with E-state index in [9.17, 15) is 9.90 Å². The zero-order valence-electron chi connectivity index (χ0n) is 12.8. The number of carbonyl (C=O) groups excluding carboxylic acids is 1. The summed E-state index contributed by atoms with van der Waals surface area (Å²) in [4.78, 5) is 19.6. The topological polar surface area (TPSA) is 58.4 Å². The molecule has 1 aliphatic rings. The number of aromatic nitrogens is 2. The Morgan fingerprint density at radius 3 is 2.83 bits per heavy atom. The van der Waals surface area contributed by atoms with Gasteiger partial charge in [0.25, 0.3) is 0 Å². The van der Waals surface area contributed by atoms with Crippen molar-refractivity contribution in [2.75, 3.05) is 7.05 Å². The summed E-state index contributed by atoms with van der Waals surface area (Å²) < 4.78 is 2.33. The minimum atomic E-state index is -0.116. The van der Waals surface area contributed by atoms with Crippen molar-refractivity contribution in [3.8, 4) is 5.75 Å². The molecule has 0 atom stereocenters. The normalized spacial score (nSPS) is 13.3. The third kappa shape index (κ3) is 2.74. The molecule has 5 nitrogen and oxygen atoms in total. The monoisotopic (exact) mass is 388 g/mol. The fourth-order valence-electron chi connectivity index (χ4n) is 2.61. The first kappa shape index (κ1) is 16.0. The minimum Gasteiger partial charge on any atom is -0.507 e. The van der Waals surface area contributed by atoms with Crippen LogP contribution in [-0.2, 0) is 13.0 Å². The van der Waals surface area contributed by atoms with E-state index < -0.39 is 0 Å². The number of hydrogen-bond donors (Lipinski definition) is 1. The van der Waals surface area contributed by atoms with Crippen LogP contribution in [0.2, 0.25) is 0 Å². The van der Waals surface area contributed by atoms with Gasteiger partial charge in [-0.1, -0.05) is 6.92 Å². The summed E-state index contributed by atoms with van der Waals surface area (Å²) in [6.45, 7) is 2.65. The van der Waals surface area contributed by atoms with E-state index in [1.807, 2.05) is 35.8 Å². The molecule has 3 radical (unpaired) electrons. The van der Waals surface area contributed by atoms with Crippen molar-refractivity contribution in [2.24, 2.45) is 0 Å². The molecule has 2 heterocycles. The highest BCUT2D eigenvalue weighted by molar-refractivity contribution is 9.10. The third-order valence-corrected chi connectivity index (χ3v) is 4.78. The SMILES string of the molecule is CCc1nc2n(c1C(=O)c1cc([Si])c(O)c(Br)c1)C=CN(C)C2. The Labute approximate surface area is 146 Å². The molecular formula is C16H15BrN3O2Si. The van der Waals surface area contributed by atoms with Gasteiger partial charge in [0.05, 0.1) is 27.0 Å². The Morgan fingerprint density at radius 2 is 2.17 bits per heavy atom. The molecule has 1 aliphatic heterocycles. The number of fused-ring (bicyclic) bond motifs is 1. The number of benzene rings is 1. The first-order chi connectivity index (χ1) is 10.9. The van der Waals surface area contributed by atoms with Crippen LogP contribution >= 0.6 is 15.9 Å². The Balaban J connectivity index is 2.13. The fraction of sp³-hybridized carbons (Fsp3) is 0.250. The van der Waals surface area contributed by atoms with E-state index in [0.29, 0.717) is 33.9 Å². The van der Waals surface area contributed by atoms with E-state index in [4.69, 9.17) is 0 Å². The maximum atomic E-state index is 13.0. The van der Waals surface area contributed by atoms with Crippen molar-refractivity contribution in [1.82, 2.24) is 14.5 Å². The molecule has 0 bridgehead atoms. The van der Waals surface area contributed by atoms with Gasteiger partial charge in [-0.2, -0.15) is 0 Å². The van der Waals surface area contributed by atoms with Gasteiger partial charge in [0.15, 0.2) is 0 Å². The number of halogens is 1. The fourth-order valence-corrected chi connectivity index (χ4v) is 3.55. The van der Waals surface area contributed by atoms with Gasteiger partial charge in [-0.25, -0.2) is 4.98 Å². The molecule has 0 amide bonds. The number of hydrogen-bond acceptors (Lipinski definition) is 4. The summed E-state index contributed by atoms with van der Waals surface area (Å²) in [6.07, 6.45) is 4.47. The number of rotatable bonds is 3. The predicted octanol–water partition coefficient (Wildman–Crippen LogP) is 1.81. The highest BCUT2D eigenvalue weighted by atomic mass is 79.9. The number of ketones is 1. The van der Waals surface area contributed by atoms with Gasteiger partial charge in [-0.15, -0.1) is 0 Å². The molecule has 0 unspecified atom stereocenters. The summed E-state index contributed by atoms with van der Waals surface area (Å²) in [5, 5.41) is 10.3. The minimum absolute atomic E-state index is 0.0748. The average Bonchev–Trinajstić information content (AvgIpc) is 2.88. The zero-order chi connectivity index (χ0) is 16.7. The Kier molecular flexibility index (Phi) is 4.16. The molecule has 1 aromatic heterocycles. The predicted molar refractivity (Wildman–Crippen MR) is 93.0 cm³/mol. The lowest BCUT2D eigenvalue weighted by Gasteiger charge is -2.19. The van der Waals surface area contributed by atoms with Gasteiger partial charge in [-0.05, 0) is 39.7 Å². The largest absolute Gasteiger partial charge is 0.507 e. The van der Waals surface area contributed by atoms with Crippen molar-refractivity contribution in [1.29, 1.82) is 0 Å². The number of aromatic hydroxyl groups is 1. The standard InChI is InChI=1S/C16H15BrN3O2Si/c1-3-11-14(20-5-4-19(2)8-13(20)18-11)15(21)9-6-10(17)16(22)12(23)7-9/h4-7,22H,3,8H2,1-2H3. The van der Waals surface area contributed by atoms with E-state index >= 15 is 0 Å². The van der Waals surface area contributed by atoms with Crippen LogP contribution in [-0.4, -0.2) is 42.6 Å². The number of phenols is 1. The summed E-state index contributed by atoms with van der Waals surface area (Å²) in [6, 6.07) is 3.25. The van der Waals surface area contributed by atoms with Crippen LogP contribution in [0.15, 0.2) is 22.8 Å². The molecule has 0 saturated carbocycles. The second-order valence-electron chi connectivity index (χ2n) is 5.44. The highest BCUT2D eigenvalue weighted by Gasteiger charge is 2.25. The lowest BCUT2D eigenvalue weighted by molar-refractivity contribution is 0.103. The van der Waals surface area contributed by atoms with Crippen LogP contribution in [0.1, 0.15) is 34.5 Å². The number of phenolic OH excluding ortho intramolecular Hbond substituents is 1. The van der Waals surface area contributed by atoms with Gasteiger partial charge >= 0.3 is 0 Å². The molecule has 0 aliphatic carbocycles. The van der Waals surface area contributed by atoms with Crippen LogP contribution < -0.4 is 5.19 Å². The van der Waals surface area contributed by atoms with Crippen molar-refractivity contribution in [3.05, 3.63) is 45.6 Å². The lowest BCUT2D eigenvalue weighted by atomic mass is 10.1. The lowest BCUT2D eigenvalue weighted by Crippen LogP contribution is -2.20. The average molecular weight is 389 g/mol. The quantitative estimate of drug-likeness (QED) is 0.643. The Bertz CT molecular complexity index is 806. The molecule has 23 heavy (non-hydrogen) atoms. The van der Waals surface area contributed by atoms with Gasteiger partial charge in [-0.3, -0.25) is 9.36 Å². The Morgan fingerprint density at radius 1 is 1.43 bits per heavy atom. The second kappa shape index (κ2) is 5.97. The molecule has 1 N–H and O–H groups in total. The van der Waals surface area contributed by atoms with Crippen molar-refractivity contribution in [3.63, 3.8) is 0 Å². The van der Waals surface area contributed by atoms with Crippen LogP contribution in [0.3, 0.4) is 0 Å². The maximum absolute atomic E-state index is 13.0. The Hall–Kier alpha value is -1.86. The first-order valence-corrected chi connectivity index (χ1v) is 8.49. The van der Waals surface area contributed by atoms with E-state index in [1.54, 1.807) is 12.1 Å². The molecule has 0 spiro atoms. The van der Waals surface area contributed by atoms with E-state index in [2.05, 4.69) is 31.2 Å². The molecule has 2 aromatic rings. The number of nitrogens with zero attached hydrogens (tertiary/aromatic N) is 3. The summed E-state index contributed by atoms with van der Waals surface area (Å²) in [5.74, 6) is 0.812. The number of aryl methyl sites for hydroxylation is 1. The summed E-state index contributed by atoms with van der Waals surface area (Å²) >= 11 is 3.27. The van der Waals surface area contributed by atoms with Crippen LogP contribution in [0.5, 0.6) is 5.75 Å². The van der Waals surface area contributed by atoms with Crippen LogP contribution in [0.4, 0.5) is 0 Å². The van der Waals surface area contributed by atoms with Gasteiger partial charge in [0, 0.05) is 25.0 Å². The molecule has 7 heteroatoms. The van der Waals surface area contributed by atoms with Crippen molar-refractivity contribution in [2.45, 2.75) is 19.9 Å².